The van der Waals surface area contributed by atoms with E-state index in [1.54, 1.807) is 7.11 Å². The minimum atomic E-state index is -0.436. The van der Waals surface area contributed by atoms with Gasteiger partial charge in [0, 0.05) is 5.56 Å². The molecule has 4 nitrogen and oxygen atoms in total. The third kappa shape index (κ3) is 4.24. The molecule has 0 bridgehead atoms. The van der Waals surface area contributed by atoms with Crippen molar-refractivity contribution in [2.24, 2.45) is 5.73 Å². The Morgan fingerprint density at radius 2 is 2.05 bits per heavy atom. The molecule has 0 saturated heterocycles. The van der Waals surface area contributed by atoms with Crippen LogP contribution in [0.3, 0.4) is 0 Å². The summed E-state index contributed by atoms with van der Waals surface area (Å²) in [7, 11) is 1.64. The zero-order valence-electron chi connectivity index (χ0n) is 12.0. The number of nitrogens with two attached hydrogens (primary N) is 1. The van der Waals surface area contributed by atoms with E-state index in [2.05, 4.69) is 5.32 Å². The highest BCUT2D eigenvalue weighted by Crippen LogP contribution is 2.26. The van der Waals surface area contributed by atoms with E-state index in [9.17, 15) is 4.79 Å². The van der Waals surface area contributed by atoms with Crippen LogP contribution in [0.15, 0.2) is 24.3 Å². The maximum absolute atomic E-state index is 12.0. The zero-order valence-corrected chi connectivity index (χ0v) is 12.0. The first-order chi connectivity index (χ1) is 9.13. The van der Waals surface area contributed by atoms with E-state index in [1.807, 2.05) is 38.1 Å². The average molecular weight is 264 g/mol. The quantitative estimate of drug-likeness (QED) is 0.794. The molecule has 4 heteroatoms. The van der Waals surface area contributed by atoms with Crippen molar-refractivity contribution in [1.29, 1.82) is 0 Å². The molecule has 0 aliphatic rings. The second-order valence-electron chi connectivity index (χ2n) is 4.61. The number of methoxy groups -OCH3 is 1. The van der Waals surface area contributed by atoms with Crippen molar-refractivity contribution < 1.29 is 9.53 Å². The Labute approximate surface area is 115 Å². The molecular weight excluding hydrogens is 240 g/mol. The van der Waals surface area contributed by atoms with Gasteiger partial charge in [-0.1, -0.05) is 38.5 Å². The number of hydrogen-bond donors (Lipinski definition) is 2. The number of para-hydroxylation sites is 1. The Bertz CT molecular complexity index is 407. The monoisotopic (exact) mass is 264 g/mol. The van der Waals surface area contributed by atoms with Gasteiger partial charge >= 0.3 is 0 Å². The lowest BCUT2D eigenvalue weighted by Gasteiger charge is -2.21. The molecule has 0 spiro atoms. The molecule has 19 heavy (non-hydrogen) atoms. The van der Waals surface area contributed by atoms with Crippen LogP contribution in [-0.2, 0) is 4.79 Å². The van der Waals surface area contributed by atoms with Gasteiger partial charge < -0.3 is 15.8 Å². The molecule has 106 valence electrons. The normalized spacial score (nSPS) is 13.7. The summed E-state index contributed by atoms with van der Waals surface area (Å²) in [6.45, 7) is 4.05. The molecule has 0 fully saturated rings. The summed E-state index contributed by atoms with van der Waals surface area (Å²) >= 11 is 0. The number of amides is 1. The standard InChI is InChI=1S/C15H24N2O2/c1-4-8-12(16)15(18)17-13(5-2)11-9-6-7-10-14(11)19-3/h6-7,9-10,12-13H,4-5,8,16H2,1-3H3,(H,17,18)/t12-,13?/m0/s1. The number of carbonyl (C=O) groups is 1. The lowest BCUT2D eigenvalue weighted by atomic mass is 10.0. The Kier molecular flexibility index (Phi) is 6.36. The van der Waals surface area contributed by atoms with Gasteiger partial charge in [0.2, 0.25) is 5.91 Å². The van der Waals surface area contributed by atoms with Crippen LogP contribution in [0.25, 0.3) is 0 Å². The first kappa shape index (κ1) is 15.5. The maximum Gasteiger partial charge on any atom is 0.237 e. The van der Waals surface area contributed by atoms with Gasteiger partial charge in [0.15, 0.2) is 0 Å². The molecule has 0 aromatic heterocycles. The van der Waals surface area contributed by atoms with E-state index < -0.39 is 6.04 Å². The van der Waals surface area contributed by atoms with Crippen LogP contribution in [0.1, 0.15) is 44.7 Å². The molecule has 1 rings (SSSR count). The molecule has 0 heterocycles. The van der Waals surface area contributed by atoms with Crippen molar-refractivity contribution >= 4 is 5.91 Å². The van der Waals surface area contributed by atoms with Gasteiger partial charge in [0.25, 0.3) is 0 Å². The molecule has 1 aromatic carbocycles. The molecule has 0 radical (unpaired) electrons. The zero-order chi connectivity index (χ0) is 14.3. The van der Waals surface area contributed by atoms with E-state index in [0.29, 0.717) is 6.42 Å². The topological polar surface area (TPSA) is 64.4 Å². The first-order valence-electron chi connectivity index (χ1n) is 6.82. The van der Waals surface area contributed by atoms with Crippen LogP contribution in [0.2, 0.25) is 0 Å². The minimum absolute atomic E-state index is 0.0634. The minimum Gasteiger partial charge on any atom is -0.496 e. The van der Waals surface area contributed by atoms with E-state index >= 15 is 0 Å². The largest absolute Gasteiger partial charge is 0.496 e. The first-order valence-corrected chi connectivity index (χ1v) is 6.82. The summed E-state index contributed by atoms with van der Waals surface area (Å²) in [5.41, 5.74) is 6.83. The molecule has 2 atom stereocenters. The van der Waals surface area contributed by atoms with Crippen molar-refractivity contribution in [3.05, 3.63) is 29.8 Å². The van der Waals surface area contributed by atoms with Crippen molar-refractivity contribution in [3.63, 3.8) is 0 Å². The van der Waals surface area contributed by atoms with Crippen LogP contribution in [0, 0.1) is 0 Å². The smallest absolute Gasteiger partial charge is 0.237 e. The number of nitrogens with one attached hydrogen (secondary N) is 1. The highest BCUT2D eigenvalue weighted by molar-refractivity contribution is 5.81. The summed E-state index contributed by atoms with van der Waals surface area (Å²) in [6.07, 6.45) is 2.40. The predicted octanol–water partition coefficient (Wildman–Crippen LogP) is 2.39. The fourth-order valence-corrected chi connectivity index (χ4v) is 2.07. The molecule has 0 aliphatic heterocycles. The summed E-state index contributed by atoms with van der Waals surface area (Å²) in [5.74, 6) is 0.693. The second kappa shape index (κ2) is 7.79. The number of carbonyl (C=O) groups excluding carboxylic acids is 1. The fraction of sp³-hybridized carbons (Fsp3) is 0.533. The summed E-state index contributed by atoms with van der Waals surface area (Å²) < 4.78 is 5.34. The Morgan fingerprint density at radius 3 is 2.63 bits per heavy atom. The fourth-order valence-electron chi connectivity index (χ4n) is 2.07. The van der Waals surface area contributed by atoms with Gasteiger partial charge in [-0.05, 0) is 18.9 Å². The molecule has 1 amide bonds. The van der Waals surface area contributed by atoms with Gasteiger partial charge in [-0.25, -0.2) is 0 Å². The van der Waals surface area contributed by atoms with Gasteiger partial charge in [-0.15, -0.1) is 0 Å². The average Bonchev–Trinajstić information content (AvgIpc) is 2.44. The summed E-state index contributed by atoms with van der Waals surface area (Å²) in [4.78, 5) is 12.0. The van der Waals surface area contributed by atoms with Gasteiger partial charge in [0.05, 0.1) is 19.2 Å². The molecule has 0 saturated carbocycles. The van der Waals surface area contributed by atoms with Crippen molar-refractivity contribution in [2.75, 3.05) is 7.11 Å². The number of rotatable bonds is 7. The predicted molar refractivity (Wildman–Crippen MR) is 77.1 cm³/mol. The van der Waals surface area contributed by atoms with Crippen molar-refractivity contribution in [2.45, 2.75) is 45.2 Å². The third-order valence-corrected chi connectivity index (χ3v) is 3.18. The molecule has 0 aliphatic carbocycles. The van der Waals surface area contributed by atoms with Crippen molar-refractivity contribution in [1.82, 2.24) is 5.32 Å². The van der Waals surface area contributed by atoms with Gasteiger partial charge in [-0.3, -0.25) is 4.79 Å². The lowest BCUT2D eigenvalue weighted by Crippen LogP contribution is -2.42. The third-order valence-electron chi connectivity index (χ3n) is 3.18. The summed E-state index contributed by atoms with van der Waals surface area (Å²) in [6, 6.07) is 7.23. The highest BCUT2D eigenvalue weighted by atomic mass is 16.5. The molecule has 1 unspecified atom stereocenters. The van der Waals surface area contributed by atoms with Crippen LogP contribution in [0.5, 0.6) is 5.75 Å². The van der Waals surface area contributed by atoms with Crippen LogP contribution in [-0.4, -0.2) is 19.1 Å². The number of hydrogen-bond acceptors (Lipinski definition) is 3. The maximum atomic E-state index is 12.0. The van der Waals surface area contributed by atoms with Gasteiger partial charge in [-0.2, -0.15) is 0 Å². The highest BCUT2D eigenvalue weighted by Gasteiger charge is 2.19. The number of ether oxygens (including phenoxy) is 1. The summed E-state index contributed by atoms with van der Waals surface area (Å²) in [5, 5.41) is 3.00. The second-order valence-corrected chi connectivity index (χ2v) is 4.61. The molecular formula is C15H24N2O2. The van der Waals surface area contributed by atoms with Crippen LogP contribution < -0.4 is 15.8 Å². The Morgan fingerprint density at radius 1 is 1.37 bits per heavy atom. The molecule has 3 N–H and O–H groups in total. The Hall–Kier alpha value is -1.55. The van der Waals surface area contributed by atoms with Crippen molar-refractivity contribution in [3.8, 4) is 5.75 Å². The Balaban J connectivity index is 2.80. The van der Waals surface area contributed by atoms with E-state index in [-0.39, 0.29) is 11.9 Å². The number of benzene rings is 1. The van der Waals surface area contributed by atoms with E-state index in [0.717, 1.165) is 24.2 Å². The van der Waals surface area contributed by atoms with Crippen LogP contribution in [0.4, 0.5) is 0 Å². The van der Waals surface area contributed by atoms with Crippen LogP contribution >= 0.6 is 0 Å². The van der Waals surface area contributed by atoms with E-state index in [4.69, 9.17) is 10.5 Å². The molecule has 1 aromatic rings. The van der Waals surface area contributed by atoms with Gasteiger partial charge in [0.1, 0.15) is 5.75 Å². The SMILES string of the molecule is CCC[C@H](N)C(=O)NC(CC)c1ccccc1OC. The lowest BCUT2D eigenvalue weighted by molar-refractivity contribution is -0.123. The van der Waals surface area contributed by atoms with E-state index in [1.165, 1.54) is 0 Å².